The van der Waals surface area contributed by atoms with Gasteiger partial charge in [-0.25, -0.2) is 8.42 Å². The van der Waals surface area contributed by atoms with E-state index in [4.69, 9.17) is 15.8 Å². The van der Waals surface area contributed by atoms with Crippen molar-refractivity contribution in [3.63, 3.8) is 0 Å². The molecule has 0 fully saturated rings. The maximum absolute atomic E-state index is 11.0. The van der Waals surface area contributed by atoms with E-state index in [1.165, 1.54) is 0 Å². The molecule has 0 heterocycles. The predicted molar refractivity (Wildman–Crippen MR) is 60.1 cm³/mol. The van der Waals surface area contributed by atoms with Crippen molar-refractivity contribution in [1.29, 1.82) is 0 Å². The molecule has 1 N–H and O–H groups in total. The highest BCUT2D eigenvalue weighted by molar-refractivity contribution is 8.13. The van der Waals surface area contributed by atoms with Gasteiger partial charge in [0.1, 0.15) is 12.2 Å². The second-order valence-corrected chi connectivity index (χ2v) is 5.40. The largest absolute Gasteiger partial charge is 0.384 e. The van der Waals surface area contributed by atoms with Crippen LogP contribution in [0.4, 0.5) is 5.69 Å². The van der Waals surface area contributed by atoms with Crippen molar-refractivity contribution >= 4 is 25.4 Å². The fourth-order valence-corrected chi connectivity index (χ4v) is 1.83. The summed E-state index contributed by atoms with van der Waals surface area (Å²) in [5.74, 6) is 4.58. The minimum atomic E-state index is -4.03. The van der Waals surface area contributed by atoms with Crippen molar-refractivity contribution in [1.82, 2.24) is 0 Å². The molecule has 0 saturated carbocycles. The van der Waals surface area contributed by atoms with E-state index in [-0.39, 0.29) is 10.5 Å². The van der Waals surface area contributed by atoms with Crippen LogP contribution in [0.2, 0.25) is 0 Å². The van der Waals surface area contributed by atoms with Crippen LogP contribution in [0.25, 0.3) is 0 Å². The lowest BCUT2D eigenvalue weighted by atomic mass is 10.2. The molecule has 6 nitrogen and oxygen atoms in total. The van der Waals surface area contributed by atoms with E-state index in [0.717, 1.165) is 18.2 Å². The Morgan fingerprint density at radius 1 is 1.47 bits per heavy atom. The number of hydrogen-bond donors (Lipinski definition) is 1. The average molecular weight is 276 g/mol. The van der Waals surface area contributed by atoms with Crippen molar-refractivity contribution in [2.45, 2.75) is 4.90 Å². The molecule has 0 spiro atoms. The van der Waals surface area contributed by atoms with Crippen LogP contribution in [0.15, 0.2) is 23.1 Å². The van der Waals surface area contributed by atoms with Crippen LogP contribution in [0.5, 0.6) is 0 Å². The summed E-state index contributed by atoms with van der Waals surface area (Å²) in [7, 11) is 1.04. The molecule has 17 heavy (non-hydrogen) atoms. The van der Waals surface area contributed by atoms with E-state index < -0.39 is 26.3 Å². The second kappa shape index (κ2) is 5.14. The number of halogens is 1. The summed E-state index contributed by atoms with van der Waals surface area (Å²) in [5.41, 5.74) is -0.471. The lowest BCUT2D eigenvalue weighted by Gasteiger charge is -1.98. The Balaban J connectivity index is 3.43. The van der Waals surface area contributed by atoms with Crippen molar-refractivity contribution in [3.8, 4) is 11.8 Å². The summed E-state index contributed by atoms with van der Waals surface area (Å²) in [6, 6.07) is 3.09. The van der Waals surface area contributed by atoms with Crippen LogP contribution >= 0.6 is 10.7 Å². The fraction of sp³-hybridized carbons (Fsp3) is 0.111. The van der Waals surface area contributed by atoms with Gasteiger partial charge in [-0.05, 0) is 12.1 Å². The molecule has 0 radical (unpaired) electrons. The van der Waals surface area contributed by atoms with Gasteiger partial charge in [0.2, 0.25) is 0 Å². The smallest absolute Gasteiger partial charge is 0.286 e. The van der Waals surface area contributed by atoms with Gasteiger partial charge in [0.25, 0.3) is 14.7 Å². The van der Waals surface area contributed by atoms with Crippen molar-refractivity contribution in [3.05, 3.63) is 33.9 Å². The van der Waals surface area contributed by atoms with Gasteiger partial charge in [-0.1, -0.05) is 11.8 Å². The molecule has 0 aliphatic carbocycles. The Morgan fingerprint density at radius 2 is 2.12 bits per heavy atom. The molecule has 0 atom stereocenters. The van der Waals surface area contributed by atoms with Crippen LogP contribution in [-0.4, -0.2) is 25.1 Å². The van der Waals surface area contributed by atoms with Gasteiger partial charge in [-0.15, -0.1) is 0 Å². The molecule has 1 rings (SSSR count). The third kappa shape index (κ3) is 3.42. The molecule has 0 aromatic heterocycles. The standard InChI is InChI=1S/C9H6ClNO5S/c10-17(15,16)8-4-3-7(2-1-5-12)9(6-8)11(13)14/h3-4,6,12H,5H2. The molecule has 1 aromatic carbocycles. The van der Waals surface area contributed by atoms with Gasteiger partial charge in [0.15, 0.2) is 0 Å². The molecule has 1 aromatic rings. The Bertz CT molecular complexity index is 614. The third-order valence-corrected chi connectivity index (χ3v) is 3.10. The zero-order valence-electron chi connectivity index (χ0n) is 8.25. The number of nitro benzene ring substituents is 1. The van der Waals surface area contributed by atoms with Gasteiger partial charge < -0.3 is 5.11 Å². The summed E-state index contributed by atoms with van der Waals surface area (Å²) in [5, 5.41) is 19.2. The van der Waals surface area contributed by atoms with Crippen molar-refractivity contribution in [2.24, 2.45) is 0 Å². The summed E-state index contributed by atoms with van der Waals surface area (Å²) >= 11 is 0. The summed E-state index contributed by atoms with van der Waals surface area (Å²) in [6.07, 6.45) is 0. The molecular weight excluding hydrogens is 270 g/mol. The first-order valence-corrected chi connectivity index (χ1v) is 6.50. The molecule has 0 aliphatic heterocycles. The Hall–Kier alpha value is -1.62. The monoisotopic (exact) mass is 275 g/mol. The van der Waals surface area contributed by atoms with Crippen LogP contribution in [-0.2, 0) is 9.05 Å². The number of aliphatic hydroxyl groups is 1. The van der Waals surface area contributed by atoms with Gasteiger partial charge in [0.05, 0.1) is 9.82 Å². The van der Waals surface area contributed by atoms with Gasteiger partial charge in [-0.3, -0.25) is 10.1 Å². The molecule has 8 heteroatoms. The van der Waals surface area contributed by atoms with E-state index >= 15 is 0 Å². The van der Waals surface area contributed by atoms with Crippen LogP contribution < -0.4 is 0 Å². The van der Waals surface area contributed by atoms with Crippen LogP contribution in [0.3, 0.4) is 0 Å². The summed E-state index contributed by atoms with van der Waals surface area (Å²) in [4.78, 5) is 9.56. The van der Waals surface area contributed by atoms with Crippen molar-refractivity contribution < 1.29 is 18.4 Å². The van der Waals surface area contributed by atoms with E-state index in [0.29, 0.717) is 0 Å². The number of benzene rings is 1. The van der Waals surface area contributed by atoms with E-state index in [9.17, 15) is 18.5 Å². The molecule has 0 amide bonds. The van der Waals surface area contributed by atoms with E-state index in [1.807, 2.05) is 0 Å². The van der Waals surface area contributed by atoms with Crippen LogP contribution in [0.1, 0.15) is 5.56 Å². The number of rotatable bonds is 2. The Kier molecular flexibility index (Phi) is 4.07. The van der Waals surface area contributed by atoms with E-state index in [2.05, 4.69) is 11.8 Å². The number of nitro groups is 1. The number of nitrogens with zero attached hydrogens (tertiary/aromatic N) is 1. The Morgan fingerprint density at radius 3 is 2.59 bits per heavy atom. The zero-order chi connectivity index (χ0) is 13.1. The summed E-state index contributed by atoms with van der Waals surface area (Å²) < 4.78 is 22.0. The van der Waals surface area contributed by atoms with Gasteiger partial charge >= 0.3 is 0 Å². The first kappa shape index (κ1) is 13.4. The highest BCUT2D eigenvalue weighted by atomic mass is 35.7. The lowest BCUT2D eigenvalue weighted by Crippen LogP contribution is -1.97. The van der Waals surface area contributed by atoms with Gasteiger partial charge in [0, 0.05) is 16.7 Å². The quantitative estimate of drug-likeness (QED) is 0.374. The highest BCUT2D eigenvalue weighted by Gasteiger charge is 2.18. The van der Waals surface area contributed by atoms with Gasteiger partial charge in [-0.2, -0.15) is 0 Å². The first-order valence-electron chi connectivity index (χ1n) is 4.19. The number of hydrogen-bond acceptors (Lipinski definition) is 5. The fourth-order valence-electron chi connectivity index (χ4n) is 1.05. The molecule has 90 valence electrons. The van der Waals surface area contributed by atoms with E-state index in [1.54, 1.807) is 0 Å². The minimum Gasteiger partial charge on any atom is -0.384 e. The summed E-state index contributed by atoms with van der Waals surface area (Å²) in [6.45, 7) is -0.452. The maximum atomic E-state index is 11.0. The Labute approximate surface area is 101 Å². The first-order chi connectivity index (χ1) is 7.86. The maximum Gasteiger partial charge on any atom is 0.286 e. The molecule has 0 bridgehead atoms. The minimum absolute atomic E-state index is 0.00752. The van der Waals surface area contributed by atoms with Crippen molar-refractivity contribution in [2.75, 3.05) is 6.61 Å². The lowest BCUT2D eigenvalue weighted by molar-refractivity contribution is -0.385. The molecular formula is C9H6ClNO5S. The topological polar surface area (TPSA) is 97.5 Å². The molecule has 0 unspecified atom stereocenters. The number of aliphatic hydroxyl groups excluding tert-OH is 1. The average Bonchev–Trinajstić information content (AvgIpc) is 2.24. The second-order valence-electron chi connectivity index (χ2n) is 2.83. The zero-order valence-corrected chi connectivity index (χ0v) is 9.83. The van der Waals surface area contributed by atoms with Crippen LogP contribution in [0, 0.1) is 22.0 Å². The predicted octanol–water partition coefficient (Wildman–Crippen LogP) is 0.866. The molecule has 0 saturated heterocycles. The normalized spacial score (nSPS) is 10.5. The third-order valence-electron chi connectivity index (χ3n) is 1.75. The molecule has 0 aliphatic rings. The SMILES string of the molecule is O=[N+]([O-])c1cc(S(=O)(=O)Cl)ccc1C#CCO. The highest BCUT2D eigenvalue weighted by Crippen LogP contribution is 2.24.